The maximum absolute atomic E-state index is 13.0. The lowest BCUT2D eigenvalue weighted by atomic mass is 10.1. The van der Waals surface area contributed by atoms with Crippen LogP contribution in [0.15, 0.2) is 119 Å². The highest BCUT2D eigenvalue weighted by Crippen LogP contribution is 2.26. The molecule has 6 aromatic heterocycles. The molecule has 0 saturated heterocycles. The molecule has 0 radical (unpaired) electrons. The fourth-order valence-electron chi connectivity index (χ4n) is 5.13. The first-order valence-corrected chi connectivity index (χ1v) is 14.8. The van der Waals surface area contributed by atoms with Crippen LogP contribution in [0.25, 0.3) is 68.0 Å². The van der Waals surface area contributed by atoms with Gasteiger partial charge in [-0.3, -0.25) is 24.5 Å². The lowest BCUT2D eigenvalue weighted by Gasteiger charge is -2.03. The lowest BCUT2D eigenvalue weighted by molar-refractivity contribution is 0.628. The molecular weight excluding hydrogens is 609 g/mol. The SMILES string of the molecule is Nc1nc2[nH]c(-c3ccnc(/C=C/c4ccccc4)c3)cc2c(=O)[nH]1.O=c1[nH]cnc2[nH]c(-c3ccnc(-c4ccc(F)cc4)c3)cc12. The molecule has 6 heterocycles. The molecule has 11 nitrogen and oxygen atoms in total. The van der Waals surface area contributed by atoms with Crippen molar-refractivity contribution >= 4 is 40.2 Å². The van der Waals surface area contributed by atoms with Gasteiger partial charge in [0.05, 0.1) is 28.5 Å². The van der Waals surface area contributed by atoms with Crippen molar-refractivity contribution in [1.29, 1.82) is 0 Å². The number of nitrogens with zero attached hydrogens (tertiary/aromatic N) is 4. The summed E-state index contributed by atoms with van der Waals surface area (Å²) < 4.78 is 13.0. The maximum atomic E-state index is 13.0. The van der Waals surface area contributed by atoms with Crippen LogP contribution in [0.2, 0.25) is 0 Å². The van der Waals surface area contributed by atoms with E-state index in [1.165, 1.54) is 18.5 Å². The summed E-state index contributed by atoms with van der Waals surface area (Å²) in [7, 11) is 0. The van der Waals surface area contributed by atoms with Crippen molar-refractivity contribution in [2.45, 2.75) is 0 Å². The van der Waals surface area contributed by atoms with Gasteiger partial charge in [0.15, 0.2) is 0 Å². The van der Waals surface area contributed by atoms with Gasteiger partial charge in [-0.1, -0.05) is 36.4 Å². The van der Waals surface area contributed by atoms with Crippen molar-refractivity contribution in [3.8, 4) is 33.8 Å². The minimum atomic E-state index is -0.286. The average molecular weight is 636 g/mol. The number of H-pyrrole nitrogens is 4. The number of nitrogens with two attached hydrogens (primary N) is 1. The maximum Gasteiger partial charge on any atom is 0.261 e. The highest BCUT2D eigenvalue weighted by molar-refractivity contribution is 5.84. The van der Waals surface area contributed by atoms with Gasteiger partial charge in [-0.15, -0.1) is 0 Å². The summed E-state index contributed by atoms with van der Waals surface area (Å²) >= 11 is 0. The third-order valence-electron chi connectivity index (χ3n) is 7.50. The predicted molar refractivity (Wildman–Crippen MR) is 185 cm³/mol. The normalized spacial score (nSPS) is 11.2. The van der Waals surface area contributed by atoms with Crippen LogP contribution in [0.3, 0.4) is 0 Å². The second-order valence-corrected chi connectivity index (χ2v) is 10.7. The van der Waals surface area contributed by atoms with Crippen LogP contribution in [0.1, 0.15) is 11.3 Å². The quantitative estimate of drug-likeness (QED) is 0.150. The number of pyridine rings is 2. The number of hydrogen-bond donors (Lipinski definition) is 5. The second kappa shape index (κ2) is 12.8. The number of rotatable bonds is 5. The molecule has 0 aliphatic carbocycles. The van der Waals surface area contributed by atoms with Gasteiger partial charge < -0.3 is 20.7 Å². The molecule has 234 valence electrons. The van der Waals surface area contributed by atoms with E-state index in [9.17, 15) is 14.0 Å². The number of aromatic nitrogens is 8. The van der Waals surface area contributed by atoms with Crippen molar-refractivity contribution in [2.75, 3.05) is 5.73 Å². The highest BCUT2D eigenvalue weighted by Gasteiger charge is 2.10. The van der Waals surface area contributed by atoms with Crippen LogP contribution in [0, 0.1) is 5.82 Å². The summed E-state index contributed by atoms with van der Waals surface area (Å²) in [5.41, 5.74) is 13.0. The molecule has 0 aliphatic rings. The number of aromatic amines is 4. The predicted octanol–water partition coefficient (Wildman–Crippen LogP) is 6.19. The van der Waals surface area contributed by atoms with E-state index in [2.05, 4.69) is 39.9 Å². The first-order chi connectivity index (χ1) is 23.4. The van der Waals surface area contributed by atoms with Crippen LogP contribution in [0.4, 0.5) is 10.3 Å². The topological polar surface area (TPSA) is 175 Å². The van der Waals surface area contributed by atoms with E-state index in [4.69, 9.17) is 5.73 Å². The van der Waals surface area contributed by atoms with Gasteiger partial charge in [0.25, 0.3) is 11.1 Å². The Balaban J connectivity index is 0.000000152. The van der Waals surface area contributed by atoms with Crippen molar-refractivity contribution in [2.24, 2.45) is 0 Å². The Labute approximate surface area is 271 Å². The minimum Gasteiger partial charge on any atom is -0.369 e. The summed E-state index contributed by atoms with van der Waals surface area (Å²) in [5, 5.41) is 0.977. The van der Waals surface area contributed by atoms with Crippen molar-refractivity contribution in [1.82, 2.24) is 39.9 Å². The molecule has 8 rings (SSSR count). The fraction of sp³-hybridized carbons (Fsp3) is 0. The molecule has 0 aliphatic heterocycles. The molecule has 48 heavy (non-hydrogen) atoms. The minimum absolute atomic E-state index is 0.0899. The van der Waals surface area contributed by atoms with E-state index in [1.54, 1.807) is 36.7 Å². The van der Waals surface area contributed by atoms with Crippen molar-refractivity contribution in [3.63, 3.8) is 0 Å². The van der Waals surface area contributed by atoms with Crippen LogP contribution in [0.5, 0.6) is 0 Å². The standard InChI is InChI=1S/C19H15N5O.C17H11FN4O/c20-19-23-17-15(18(25)24-19)11-16(22-17)13-8-9-21-14(10-13)7-6-12-4-2-1-3-5-12;18-12-3-1-10(2-4-12)14-7-11(5-6-19-14)15-8-13-16(22-15)20-9-21-17(13)23/h1-11H,(H4,20,22,23,24,25);1-9H,(H2,20,21,22,23)/b7-6+;. The zero-order chi connectivity index (χ0) is 33.0. The number of benzene rings is 2. The highest BCUT2D eigenvalue weighted by atomic mass is 19.1. The van der Waals surface area contributed by atoms with E-state index >= 15 is 0 Å². The smallest absolute Gasteiger partial charge is 0.261 e. The van der Waals surface area contributed by atoms with Crippen LogP contribution >= 0.6 is 0 Å². The molecule has 0 unspecified atom stereocenters. The average Bonchev–Trinajstić information content (AvgIpc) is 3.75. The van der Waals surface area contributed by atoms with Crippen LogP contribution in [-0.2, 0) is 0 Å². The molecule has 8 aromatic rings. The Morgan fingerprint density at radius 2 is 1.33 bits per heavy atom. The van der Waals surface area contributed by atoms with E-state index in [0.29, 0.717) is 22.1 Å². The Morgan fingerprint density at radius 3 is 2.08 bits per heavy atom. The zero-order valence-electron chi connectivity index (χ0n) is 25.1. The summed E-state index contributed by atoms with van der Waals surface area (Å²) in [4.78, 5) is 51.9. The van der Waals surface area contributed by atoms with Gasteiger partial charge in [0.2, 0.25) is 5.95 Å². The number of anilines is 1. The van der Waals surface area contributed by atoms with Crippen molar-refractivity contribution in [3.05, 3.63) is 147 Å². The number of fused-ring (bicyclic) bond motifs is 2. The van der Waals surface area contributed by atoms with Gasteiger partial charge in [0.1, 0.15) is 17.1 Å². The molecule has 2 aromatic carbocycles. The number of nitrogens with one attached hydrogen (secondary N) is 4. The molecule has 0 amide bonds. The Morgan fingerprint density at radius 1 is 0.646 bits per heavy atom. The lowest BCUT2D eigenvalue weighted by Crippen LogP contribution is -2.09. The summed E-state index contributed by atoms with van der Waals surface area (Å²) in [5.74, 6) is -0.196. The van der Waals surface area contributed by atoms with Gasteiger partial charge >= 0.3 is 0 Å². The van der Waals surface area contributed by atoms with Crippen LogP contribution < -0.4 is 16.9 Å². The zero-order valence-corrected chi connectivity index (χ0v) is 25.1. The Hall–Kier alpha value is -6.95. The molecule has 0 fully saturated rings. The molecule has 0 atom stereocenters. The summed E-state index contributed by atoms with van der Waals surface area (Å²) in [6, 6.07) is 27.2. The number of halogens is 1. The van der Waals surface area contributed by atoms with E-state index < -0.39 is 0 Å². The Kier molecular flexibility index (Phi) is 7.94. The van der Waals surface area contributed by atoms with E-state index in [0.717, 1.165) is 45.0 Å². The summed E-state index contributed by atoms with van der Waals surface area (Å²) in [6.07, 6.45) is 8.73. The molecule has 0 bridgehead atoms. The van der Waals surface area contributed by atoms with Gasteiger partial charge in [-0.05, 0) is 72.3 Å². The summed E-state index contributed by atoms with van der Waals surface area (Å²) in [6.45, 7) is 0. The molecule has 6 N–H and O–H groups in total. The van der Waals surface area contributed by atoms with E-state index in [-0.39, 0.29) is 22.9 Å². The van der Waals surface area contributed by atoms with Crippen LogP contribution in [-0.4, -0.2) is 39.9 Å². The first kappa shape index (κ1) is 29.7. The fourth-order valence-corrected chi connectivity index (χ4v) is 5.13. The first-order valence-electron chi connectivity index (χ1n) is 14.8. The van der Waals surface area contributed by atoms with Gasteiger partial charge in [-0.25, -0.2) is 9.37 Å². The number of nitrogen functional groups attached to an aromatic ring is 1. The monoisotopic (exact) mass is 635 g/mol. The van der Waals surface area contributed by atoms with Gasteiger partial charge in [0, 0.05) is 40.5 Å². The molecular formula is C36H26FN9O2. The largest absolute Gasteiger partial charge is 0.369 e. The Bertz CT molecular complexity index is 2530. The third-order valence-corrected chi connectivity index (χ3v) is 7.50. The van der Waals surface area contributed by atoms with E-state index in [1.807, 2.05) is 66.7 Å². The third kappa shape index (κ3) is 6.39. The molecule has 0 spiro atoms. The number of hydrogen-bond acceptors (Lipinski definition) is 7. The second-order valence-electron chi connectivity index (χ2n) is 10.7. The van der Waals surface area contributed by atoms with Gasteiger partial charge in [-0.2, -0.15) is 4.98 Å². The van der Waals surface area contributed by atoms with Crippen molar-refractivity contribution < 1.29 is 4.39 Å². The molecule has 12 heteroatoms. The molecule has 0 saturated carbocycles.